The van der Waals surface area contributed by atoms with Crippen LogP contribution in [0.1, 0.15) is 13.7 Å². The van der Waals surface area contributed by atoms with Crippen molar-refractivity contribution in [2.24, 2.45) is 0 Å². The first-order valence-corrected chi connectivity index (χ1v) is 14.2. The molecular weight excluding hydrogens is 550 g/mol. The Morgan fingerprint density at radius 2 is 1.16 bits per heavy atom. The largest absolute Gasteiger partial charge is 0.456 e. The van der Waals surface area contributed by atoms with Crippen molar-refractivity contribution in [3.05, 3.63) is 151 Å². The quantitative estimate of drug-likeness (QED) is 0.206. The van der Waals surface area contributed by atoms with Crippen LogP contribution in [0.25, 0.3) is 88.8 Å². The molecule has 0 saturated heterocycles. The zero-order valence-electron chi connectivity index (χ0n) is 33.4. The van der Waals surface area contributed by atoms with E-state index in [0.717, 1.165) is 16.2 Å². The van der Waals surface area contributed by atoms with Crippen LogP contribution in [0.15, 0.2) is 156 Å². The summed E-state index contributed by atoms with van der Waals surface area (Å²) < 4.78 is 90.8. The molecule has 0 aliphatic rings. The zero-order chi connectivity index (χ0) is 38.4. The molecule has 9 rings (SSSR count). The Morgan fingerprint density at radius 3 is 2.04 bits per heavy atom. The number of benzene rings is 7. The van der Waals surface area contributed by atoms with Gasteiger partial charge in [-0.25, -0.2) is 15.0 Å². The van der Waals surface area contributed by atoms with E-state index in [0.29, 0.717) is 39.1 Å². The fourth-order valence-electron chi connectivity index (χ4n) is 5.71. The van der Waals surface area contributed by atoms with Crippen molar-refractivity contribution in [2.45, 2.75) is 0 Å². The van der Waals surface area contributed by atoms with Crippen molar-refractivity contribution in [1.29, 1.82) is 0 Å². The molecule has 0 radical (unpaired) electrons. The number of rotatable bonds is 4. The van der Waals surface area contributed by atoms with Crippen LogP contribution in [0.4, 0.5) is 0 Å². The first kappa shape index (κ1) is 17.2. The second-order valence-corrected chi connectivity index (χ2v) is 10.5. The molecule has 0 aliphatic carbocycles. The average Bonchev–Trinajstić information content (AvgIpc) is 3.56. The lowest BCUT2D eigenvalue weighted by Crippen LogP contribution is -2.00. The van der Waals surface area contributed by atoms with E-state index in [2.05, 4.69) is 0 Å². The minimum Gasteiger partial charge on any atom is -0.456 e. The summed E-state index contributed by atoms with van der Waals surface area (Å²) in [4.78, 5) is 14.5. The lowest BCUT2D eigenvalue weighted by Gasteiger charge is -2.11. The van der Waals surface area contributed by atoms with E-state index in [9.17, 15) is 0 Å². The average molecular weight is 586 g/mol. The van der Waals surface area contributed by atoms with Crippen LogP contribution >= 0.6 is 0 Å². The van der Waals surface area contributed by atoms with Crippen LogP contribution < -0.4 is 0 Å². The third kappa shape index (κ3) is 4.35. The molecule has 0 amide bonds. The lowest BCUT2D eigenvalue weighted by molar-refractivity contribution is 0.669. The summed E-state index contributed by atoms with van der Waals surface area (Å²) in [6, 6.07) is 23.6. The van der Waals surface area contributed by atoms with Gasteiger partial charge in [0.15, 0.2) is 17.5 Å². The maximum absolute atomic E-state index is 8.78. The number of para-hydroxylation sites is 1. The normalized spacial score (nSPS) is 14.7. The van der Waals surface area contributed by atoms with Gasteiger partial charge in [-0.15, -0.1) is 0 Å². The molecule has 4 nitrogen and oxygen atoms in total. The van der Waals surface area contributed by atoms with Gasteiger partial charge in [0, 0.05) is 27.5 Å². The highest BCUT2D eigenvalue weighted by molar-refractivity contribution is 6.11. The molecule has 4 heteroatoms. The van der Waals surface area contributed by atoms with Crippen LogP contribution in [0.2, 0.25) is 0 Å². The van der Waals surface area contributed by atoms with Crippen LogP contribution in [0.5, 0.6) is 0 Å². The number of fused-ring (bicyclic) bond motifs is 5. The van der Waals surface area contributed by atoms with E-state index < -0.39 is 30.2 Å². The molecule has 0 aliphatic heterocycles. The number of aromatic nitrogens is 3. The molecule has 0 bridgehead atoms. The van der Waals surface area contributed by atoms with E-state index in [1.807, 2.05) is 54.6 Å². The molecule has 0 N–H and O–H groups in total. The Hall–Kier alpha value is -6.13. The highest BCUT2D eigenvalue weighted by atomic mass is 16.3. The third-order valence-corrected chi connectivity index (χ3v) is 7.80. The third-order valence-electron chi connectivity index (χ3n) is 7.80. The molecule has 0 atom stereocenters. The van der Waals surface area contributed by atoms with Crippen molar-refractivity contribution in [3.63, 3.8) is 0 Å². The minimum atomic E-state index is -0.508. The summed E-state index contributed by atoms with van der Waals surface area (Å²) in [6.45, 7) is 0. The number of hydrogen-bond acceptors (Lipinski definition) is 4. The van der Waals surface area contributed by atoms with Crippen molar-refractivity contribution < 1.29 is 18.1 Å². The Labute approximate surface area is 273 Å². The smallest absolute Gasteiger partial charge is 0.164 e. The summed E-state index contributed by atoms with van der Waals surface area (Å²) in [5.41, 5.74) is 3.33. The van der Waals surface area contributed by atoms with Crippen molar-refractivity contribution >= 4 is 43.5 Å². The summed E-state index contributed by atoms with van der Waals surface area (Å²) in [5.74, 6) is 0.661. The van der Waals surface area contributed by atoms with Gasteiger partial charge in [-0.2, -0.15) is 0 Å². The van der Waals surface area contributed by atoms with Gasteiger partial charge < -0.3 is 4.42 Å². The highest BCUT2D eigenvalue weighted by Crippen LogP contribution is 2.37. The Bertz CT molecular complexity index is 3100. The molecule has 7 aromatic carbocycles. The van der Waals surface area contributed by atoms with E-state index in [1.54, 1.807) is 24.3 Å². The van der Waals surface area contributed by atoms with Gasteiger partial charge in [-0.3, -0.25) is 0 Å². The van der Waals surface area contributed by atoms with Gasteiger partial charge in [0.25, 0.3) is 0 Å². The number of furan rings is 1. The summed E-state index contributed by atoms with van der Waals surface area (Å²) >= 11 is 0. The number of hydrogen-bond donors (Lipinski definition) is 0. The molecule has 0 saturated carbocycles. The molecule has 45 heavy (non-hydrogen) atoms. The first-order valence-electron chi connectivity index (χ1n) is 19.2. The van der Waals surface area contributed by atoms with Gasteiger partial charge in [0.1, 0.15) is 11.2 Å². The lowest BCUT2D eigenvalue weighted by atomic mass is 9.96. The van der Waals surface area contributed by atoms with Crippen molar-refractivity contribution in [2.75, 3.05) is 0 Å². The van der Waals surface area contributed by atoms with E-state index in [-0.39, 0.29) is 63.8 Å². The SMILES string of the molecule is [2H]c1cc([2H])c(-c2nc(-c3ccc4cc(-c5c([2H])c([2H])c([2H])c6c([2H])c([2H])c([2H])c([2H])c56)ccc4c3)nc(-c3cccc4oc5ccccc5c34)n2)c([2H])c1. The monoisotopic (exact) mass is 585 g/mol. The molecule has 2 aromatic heterocycles. The maximum atomic E-state index is 8.78. The molecular formula is C41H25N3O. The summed E-state index contributed by atoms with van der Waals surface area (Å²) in [5, 5.41) is 3.03. The second-order valence-electron chi connectivity index (χ2n) is 10.5. The number of nitrogens with zero attached hydrogens (tertiary/aromatic N) is 3. The Kier molecular flexibility index (Phi) is 3.93. The molecule has 210 valence electrons. The summed E-state index contributed by atoms with van der Waals surface area (Å²) in [6.07, 6.45) is 0. The van der Waals surface area contributed by atoms with E-state index >= 15 is 0 Å². The Balaban J connectivity index is 1.24. The molecule has 0 fully saturated rings. The topological polar surface area (TPSA) is 51.8 Å². The fraction of sp³-hybridized carbons (Fsp3) is 0. The van der Waals surface area contributed by atoms with E-state index in [4.69, 9.17) is 33.1 Å². The second kappa shape index (κ2) is 10.2. The predicted octanol–water partition coefficient (Wildman–Crippen LogP) is 10.7. The van der Waals surface area contributed by atoms with Crippen LogP contribution in [-0.2, 0) is 0 Å². The minimum absolute atomic E-state index is 0.0135. The molecule has 0 unspecified atom stereocenters. The van der Waals surface area contributed by atoms with Gasteiger partial charge in [-0.05, 0) is 56.9 Å². The first-order chi connectivity index (χ1) is 26.4. The molecule has 2 heterocycles. The molecule has 0 spiro atoms. The fourth-order valence-corrected chi connectivity index (χ4v) is 5.71. The van der Waals surface area contributed by atoms with E-state index in [1.165, 1.54) is 12.1 Å². The van der Waals surface area contributed by atoms with Gasteiger partial charge >= 0.3 is 0 Å². The van der Waals surface area contributed by atoms with Gasteiger partial charge in [0.2, 0.25) is 0 Å². The maximum Gasteiger partial charge on any atom is 0.164 e. The van der Waals surface area contributed by atoms with Crippen LogP contribution in [-0.4, -0.2) is 15.0 Å². The molecule has 9 aromatic rings. The van der Waals surface area contributed by atoms with Crippen LogP contribution in [0.3, 0.4) is 0 Å². The van der Waals surface area contributed by atoms with Gasteiger partial charge in [-0.1, -0.05) is 127 Å². The standard InChI is InChI=1S/C41H25N3O/c1-2-11-27(12-3-1)39-42-40(44-41(43-39)35-17-9-19-37-38(35)34-15-6-7-18-36(34)45-37)31-23-21-28-24-30(22-20-29(28)25-31)33-16-8-13-26-10-4-5-14-32(26)33/h1-25H/i1D,4D,5D,8D,10D,11D,12D,13D,14D,16D. The highest BCUT2D eigenvalue weighted by Gasteiger charge is 2.18. The van der Waals surface area contributed by atoms with Crippen molar-refractivity contribution in [1.82, 2.24) is 15.0 Å². The summed E-state index contributed by atoms with van der Waals surface area (Å²) in [7, 11) is 0. The van der Waals surface area contributed by atoms with Crippen molar-refractivity contribution in [3.8, 4) is 45.3 Å². The Morgan fingerprint density at radius 1 is 0.444 bits per heavy atom. The van der Waals surface area contributed by atoms with Gasteiger partial charge in [0.05, 0.1) is 13.7 Å². The predicted molar refractivity (Wildman–Crippen MR) is 184 cm³/mol. The van der Waals surface area contributed by atoms with Crippen LogP contribution in [0, 0.1) is 0 Å². The zero-order valence-corrected chi connectivity index (χ0v) is 23.4.